The number of carbonyl (C=O) groups is 3. The van der Waals surface area contributed by atoms with Crippen LogP contribution < -0.4 is 4.90 Å². The van der Waals surface area contributed by atoms with Crippen molar-refractivity contribution in [1.82, 2.24) is 0 Å². The molecule has 1 fully saturated rings. The van der Waals surface area contributed by atoms with Crippen LogP contribution in [-0.4, -0.2) is 39.0 Å². The Morgan fingerprint density at radius 3 is 2.65 bits per heavy atom. The molecule has 0 aliphatic carbocycles. The summed E-state index contributed by atoms with van der Waals surface area (Å²) in [6.45, 7) is 1.76. The van der Waals surface area contributed by atoms with Crippen molar-refractivity contribution in [2.45, 2.75) is 18.6 Å². The van der Waals surface area contributed by atoms with Crippen molar-refractivity contribution in [1.29, 1.82) is 0 Å². The van der Waals surface area contributed by atoms with Gasteiger partial charge in [-0.05, 0) is 18.2 Å². The number of aromatic hydroxyl groups is 1. The van der Waals surface area contributed by atoms with E-state index in [1.807, 2.05) is 0 Å². The molecule has 2 N–H and O–H groups in total. The van der Waals surface area contributed by atoms with Gasteiger partial charge in [-0.15, -0.1) is 0 Å². The molecule has 0 saturated carbocycles. The van der Waals surface area contributed by atoms with E-state index in [2.05, 4.69) is 0 Å². The molecule has 7 heteroatoms. The van der Waals surface area contributed by atoms with Crippen LogP contribution in [0.25, 0.3) is 0 Å². The molecule has 106 valence electrons. The number of rotatable bonds is 3. The first-order valence-corrected chi connectivity index (χ1v) is 6.80. The number of phenols is 1. The lowest BCUT2D eigenvalue weighted by molar-refractivity contribution is -0.117. The summed E-state index contributed by atoms with van der Waals surface area (Å²) in [5, 5.41) is 18.5. The van der Waals surface area contributed by atoms with Gasteiger partial charge in [0, 0.05) is 25.1 Å². The summed E-state index contributed by atoms with van der Waals surface area (Å²) in [6, 6.07) is 3.84. The van der Waals surface area contributed by atoms with Crippen molar-refractivity contribution < 1.29 is 24.6 Å². The molecule has 6 nitrogen and oxygen atoms in total. The maximum atomic E-state index is 11.9. The first kappa shape index (κ1) is 14.4. The van der Waals surface area contributed by atoms with Gasteiger partial charge in [-0.2, -0.15) is 0 Å². The second-order valence-electron chi connectivity index (χ2n) is 4.45. The molecular weight excluding hydrogens is 282 g/mol. The average molecular weight is 295 g/mol. The molecule has 1 saturated heterocycles. The summed E-state index contributed by atoms with van der Waals surface area (Å²) >= 11 is 1.10. The van der Waals surface area contributed by atoms with E-state index in [-0.39, 0.29) is 39.7 Å². The Bertz CT molecular complexity index is 586. The highest BCUT2D eigenvalue weighted by molar-refractivity contribution is 8.14. The first-order chi connectivity index (χ1) is 9.38. The highest BCUT2D eigenvalue weighted by Crippen LogP contribution is 2.34. The van der Waals surface area contributed by atoms with Crippen LogP contribution >= 0.6 is 11.8 Å². The third kappa shape index (κ3) is 2.93. The maximum Gasteiger partial charge on any atom is 0.335 e. The number of amides is 1. The Morgan fingerprint density at radius 2 is 2.10 bits per heavy atom. The number of nitrogens with zero attached hydrogens (tertiary/aromatic N) is 1. The van der Waals surface area contributed by atoms with E-state index >= 15 is 0 Å². The Balaban J connectivity index is 2.22. The number of hydrogen-bond acceptors (Lipinski definition) is 5. The monoisotopic (exact) mass is 295 g/mol. The highest BCUT2D eigenvalue weighted by Gasteiger charge is 2.33. The minimum absolute atomic E-state index is 0.0486. The number of carboxylic acids is 1. The number of benzene rings is 1. The maximum absolute atomic E-state index is 11.9. The molecular formula is C13H13NO5S. The Labute approximate surface area is 119 Å². The quantitative estimate of drug-likeness (QED) is 0.877. The molecule has 0 spiro atoms. The summed E-state index contributed by atoms with van der Waals surface area (Å²) in [5.74, 6) is -1.60. The van der Waals surface area contributed by atoms with Gasteiger partial charge in [-0.25, -0.2) is 4.79 Å². The summed E-state index contributed by atoms with van der Waals surface area (Å²) < 4.78 is 0. The van der Waals surface area contributed by atoms with E-state index in [1.165, 1.54) is 24.0 Å². The van der Waals surface area contributed by atoms with Crippen molar-refractivity contribution in [3.63, 3.8) is 0 Å². The van der Waals surface area contributed by atoms with E-state index in [9.17, 15) is 19.5 Å². The van der Waals surface area contributed by atoms with Crippen LogP contribution in [0, 0.1) is 0 Å². The summed E-state index contributed by atoms with van der Waals surface area (Å²) in [5.41, 5.74) is 0.221. The fourth-order valence-corrected chi connectivity index (χ4v) is 3.02. The number of carbonyl (C=O) groups excluding carboxylic acids is 2. The topological polar surface area (TPSA) is 94.9 Å². The van der Waals surface area contributed by atoms with Gasteiger partial charge < -0.3 is 15.1 Å². The standard InChI is InChI=1S/C13H13NO5S/c1-7(15)20-9-5-12(17)14(6-9)10-3-2-8(13(18)19)4-11(10)16/h2-4,9,16H,5-6H2,1H3,(H,18,19). The van der Waals surface area contributed by atoms with E-state index in [4.69, 9.17) is 5.11 Å². The van der Waals surface area contributed by atoms with E-state index in [0.717, 1.165) is 17.8 Å². The molecule has 2 rings (SSSR count). The summed E-state index contributed by atoms with van der Waals surface area (Å²) in [7, 11) is 0. The summed E-state index contributed by atoms with van der Waals surface area (Å²) in [6.07, 6.45) is 0.227. The predicted octanol–water partition coefficient (Wildman–Crippen LogP) is 1.48. The lowest BCUT2D eigenvalue weighted by Gasteiger charge is -2.18. The van der Waals surface area contributed by atoms with Crippen LogP contribution in [0.3, 0.4) is 0 Å². The second-order valence-corrected chi connectivity index (χ2v) is 5.93. The predicted molar refractivity (Wildman–Crippen MR) is 74.1 cm³/mol. The van der Waals surface area contributed by atoms with Gasteiger partial charge in [-0.1, -0.05) is 11.8 Å². The number of hydrogen-bond donors (Lipinski definition) is 2. The zero-order chi connectivity index (χ0) is 14.9. The van der Waals surface area contributed by atoms with Crippen LogP contribution in [0.4, 0.5) is 5.69 Å². The molecule has 1 atom stereocenters. The van der Waals surface area contributed by atoms with Crippen LogP contribution in [0.5, 0.6) is 5.75 Å². The Hall–Kier alpha value is -2.02. The van der Waals surface area contributed by atoms with Crippen molar-refractivity contribution >= 4 is 34.4 Å². The van der Waals surface area contributed by atoms with Crippen LogP contribution in [-0.2, 0) is 9.59 Å². The van der Waals surface area contributed by atoms with Crippen molar-refractivity contribution in [2.24, 2.45) is 0 Å². The van der Waals surface area contributed by atoms with Gasteiger partial charge in [-0.3, -0.25) is 9.59 Å². The number of phenolic OH excluding ortho intramolecular Hbond substituents is 1. The fourth-order valence-electron chi connectivity index (χ4n) is 2.11. The molecule has 1 aromatic carbocycles. The second kappa shape index (κ2) is 5.54. The zero-order valence-electron chi connectivity index (χ0n) is 10.7. The minimum Gasteiger partial charge on any atom is -0.506 e. The molecule has 1 unspecified atom stereocenters. The molecule has 1 aliphatic rings. The van der Waals surface area contributed by atoms with E-state index in [0.29, 0.717) is 6.54 Å². The largest absolute Gasteiger partial charge is 0.506 e. The van der Waals surface area contributed by atoms with E-state index in [1.54, 1.807) is 0 Å². The number of anilines is 1. The lowest BCUT2D eigenvalue weighted by atomic mass is 10.2. The molecule has 1 aromatic rings. The van der Waals surface area contributed by atoms with Crippen LogP contribution in [0.15, 0.2) is 18.2 Å². The molecule has 1 aliphatic heterocycles. The Kier molecular flexibility index (Phi) is 3.99. The normalized spacial score (nSPS) is 18.4. The molecule has 0 aromatic heterocycles. The zero-order valence-corrected chi connectivity index (χ0v) is 11.5. The average Bonchev–Trinajstić information content (AvgIpc) is 2.68. The highest BCUT2D eigenvalue weighted by atomic mass is 32.2. The van der Waals surface area contributed by atoms with E-state index < -0.39 is 5.97 Å². The van der Waals surface area contributed by atoms with Gasteiger partial charge in [0.05, 0.1) is 11.3 Å². The van der Waals surface area contributed by atoms with Gasteiger partial charge >= 0.3 is 5.97 Å². The van der Waals surface area contributed by atoms with Crippen LogP contribution in [0.2, 0.25) is 0 Å². The molecule has 1 heterocycles. The number of carboxylic acid groups (broad SMARTS) is 1. The van der Waals surface area contributed by atoms with Crippen molar-refractivity contribution in [3.8, 4) is 5.75 Å². The summed E-state index contributed by atoms with van der Waals surface area (Å²) in [4.78, 5) is 35.1. The fraction of sp³-hybridized carbons (Fsp3) is 0.308. The molecule has 20 heavy (non-hydrogen) atoms. The van der Waals surface area contributed by atoms with Crippen molar-refractivity contribution in [3.05, 3.63) is 23.8 Å². The number of thioether (sulfide) groups is 1. The third-order valence-corrected chi connectivity index (χ3v) is 3.92. The van der Waals surface area contributed by atoms with Crippen molar-refractivity contribution in [2.75, 3.05) is 11.4 Å². The smallest absolute Gasteiger partial charge is 0.335 e. The minimum atomic E-state index is -1.15. The SMILES string of the molecule is CC(=O)SC1CC(=O)N(c2ccc(C(=O)O)cc2O)C1. The molecule has 0 radical (unpaired) electrons. The molecule has 1 amide bonds. The molecule has 0 bridgehead atoms. The van der Waals surface area contributed by atoms with Gasteiger partial charge in [0.25, 0.3) is 0 Å². The van der Waals surface area contributed by atoms with Crippen LogP contribution in [0.1, 0.15) is 23.7 Å². The van der Waals surface area contributed by atoms with Gasteiger partial charge in [0.1, 0.15) is 5.75 Å². The van der Waals surface area contributed by atoms with Gasteiger partial charge in [0.15, 0.2) is 5.12 Å². The first-order valence-electron chi connectivity index (χ1n) is 5.92. The lowest BCUT2D eigenvalue weighted by Crippen LogP contribution is -2.25. The number of aromatic carboxylic acids is 1. The van der Waals surface area contributed by atoms with Gasteiger partial charge in [0.2, 0.25) is 5.91 Å². The third-order valence-electron chi connectivity index (χ3n) is 2.94. The Morgan fingerprint density at radius 1 is 1.40 bits per heavy atom.